The number of hydrogen-bond acceptors (Lipinski definition) is 6. The van der Waals surface area contributed by atoms with E-state index in [2.05, 4.69) is 20.1 Å². The molecule has 1 aliphatic carbocycles. The molecule has 0 radical (unpaired) electrons. The van der Waals surface area contributed by atoms with Gasteiger partial charge in [-0.15, -0.1) is 0 Å². The minimum absolute atomic E-state index is 0.0484. The maximum absolute atomic E-state index is 11.8. The first-order valence-corrected chi connectivity index (χ1v) is 6.88. The average molecular weight is 257 g/mol. The zero-order valence-corrected chi connectivity index (χ0v) is 10.1. The summed E-state index contributed by atoms with van der Waals surface area (Å²) in [7, 11) is -3.50. The van der Waals surface area contributed by atoms with Crippen LogP contribution in [0, 0.1) is 5.92 Å². The third-order valence-electron chi connectivity index (χ3n) is 2.61. The number of aromatic nitrogens is 2. The molecule has 1 aliphatic rings. The Balaban J connectivity index is 1.96. The van der Waals surface area contributed by atoms with Crippen LogP contribution in [0.3, 0.4) is 0 Å². The molecule has 0 atom stereocenters. The Kier molecular flexibility index (Phi) is 3.55. The number of nitrogens with zero attached hydrogens (tertiary/aromatic N) is 2. The largest absolute Gasteiger partial charge is 0.292 e. The molecular weight excluding hydrogens is 242 g/mol. The van der Waals surface area contributed by atoms with Crippen LogP contribution in [-0.2, 0) is 10.0 Å². The molecule has 1 saturated carbocycles. The molecule has 1 heterocycles. The van der Waals surface area contributed by atoms with Gasteiger partial charge in [0.15, 0.2) is 0 Å². The van der Waals surface area contributed by atoms with E-state index < -0.39 is 10.0 Å². The molecule has 0 unspecified atom stereocenters. The fraction of sp³-hybridized carbons (Fsp3) is 0.556. The van der Waals surface area contributed by atoms with Crippen LogP contribution in [0.15, 0.2) is 17.3 Å². The van der Waals surface area contributed by atoms with Crippen molar-refractivity contribution in [2.75, 3.05) is 12.0 Å². The van der Waals surface area contributed by atoms with Crippen LogP contribution in [0.1, 0.15) is 19.3 Å². The van der Waals surface area contributed by atoms with Crippen LogP contribution in [0.5, 0.6) is 0 Å². The lowest BCUT2D eigenvalue weighted by Gasteiger charge is -2.05. The van der Waals surface area contributed by atoms with E-state index in [0.717, 1.165) is 6.42 Å². The smallest absolute Gasteiger partial charge is 0.243 e. The van der Waals surface area contributed by atoms with Crippen LogP contribution >= 0.6 is 0 Å². The standard InChI is InChI=1S/C9H15N5O2S/c10-14-9-11-5-8(6-12-9)17(15,16)13-4-3-7-1-2-7/h5-7,13H,1-4,10H2,(H,11,12,14). The molecule has 1 aromatic heterocycles. The van der Waals surface area contributed by atoms with Gasteiger partial charge in [0.2, 0.25) is 16.0 Å². The van der Waals surface area contributed by atoms with Gasteiger partial charge in [-0.2, -0.15) is 0 Å². The van der Waals surface area contributed by atoms with Crippen LogP contribution in [-0.4, -0.2) is 24.9 Å². The SMILES string of the molecule is NNc1ncc(S(=O)(=O)NCCC2CC2)cn1. The summed E-state index contributed by atoms with van der Waals surface area (Å²) in [5, 5.41) is 0. The predicted octanol–water partition coefficient (Wildman–Crippen LogP) is -0.159. The van der Waals surface area contributed by atoms with E-state index in [0.29, 0.717) is 12.5 Å². The second-order valence-electron chi connectivity index (χ2n) is 4.02. The zero-order valence-electron chi connectivity index (χ0n) is 9.26. The molecule has 7 nitrogen and oxygen atoms in total. The quantitative estimate of drug-likeness (QED) is 0.482. The van der Waals surface area contributed by atoms with E-state index in [1.807, 2.05) is 0 Å². The second kappa shape index (κ2) is 4.94. The lowest BCUT2D eigenvalue weighted by atomic mass is 10.3. The monoisotopic (exact) mass is 257 g/mol. The summed E-state index contributed by atoms with van der Waals surface area (Å²) in [5.74, 6) is 5.96. The van der Waals surface area contributed by atoms with Crippen LogP contribution in [0.4, 0.5) is 5.95 Å². The number of sulfonamides is 1. The molecule has 0 aromatic carbocycles. The maximum atomic E-state index is 11.8. The molecule has 17 heavy (non-hydrogen) atoms. The van der Waals surface area contributed by atoms with Gasteiger partial charge in [-0.3, -0.25) is 5.43 Å². The summed E-state index contributed by atoms with van der Waals surface area (Å²) in [6.07, 6.45) is 5.76. The van der Waals surface area contributed by atoms with Crippen molar-refractivity contribution in [2.45, 2.75) is 24.2 Å². The molecule has 94 valence electrons. The molecule has 0 saturated heterocycles. The minimum atomic E-state index is -3.50. The van der Waals surface area contributed by atoms with Crippen molar-refractivity contribution < 1.29 is 8.42 Å². The first-order valence-electron chi connectivity index (χ1n) is 5.40. The van der Waals surface area contributed by atoms with Crippen molar-refractivity contribution in [2.24, 2.45) is 11.8 Å². The highest BCUT2D eigenvalue weighted by atomic mass is 32.2. The van der Waals surface area contributed by atoms with Gasteiger partial charge in [0.25, 0.3) is 0 Å². The number of nitrogens with one attached hydrogen (secondary N) is 2. The van der Waals surface area contributed by atoms with E-state index >= 15 is 0 Å². The van der Waals surface area contributed by atoms with Crippen LogP contribution < -0.4 is 16.0 Å². The summed E-state index contributed by atoms with van der Waals surface area (Å²) in [6, 6.07) is 0. The van der Waals surface area contributed by atoms with E-state index in [4.69, 9.17) is 5.84 Å². The van der Waals surface area contributed by atoms with Gasteiger partial charge >= 0.3 is 0 Å². The van der Waals surface area contributed by atoms with E-state index in [9.17, 15) is 8.42 Å². The Hall–Kier alpha value is -1.25. The van der Waals surface area contributed by atoms with Crippen molar-refractivity contribution in [3.8, 4) is 0 Å². The maximum Gasteiger partial charge on any atom is 0.243 e. The Labute approximate surface area is 99.9 Å². The molecule has 0 spiro atoms. The summed E-state index contributed by atoms with van der Waals surface area (Å²) >= 11 is 0. The Morgan fingerprint density at radius 2 is 2.00 bits per heavy atom. The lowest BCUT2D eigenvalue weighted by Crippen LogP contribution is -2.25. The topological polar surface area (TPSA) is 110 Å². The summed E-state index contributed by atoms with van der Waals surface area (Å²) in [5.41, 5.74) is 2.23. The van der Waals surface area contributed by atoms with Crippen LogP contribution in [0.25, 0.3) is 0 Å². The Bertz CT molecular complexity index is 469. The summed E-state index contributed by atoms with van der Waals surface area (Å²) < 4.78 is 26.1. The molecule has 2 rings (SSSR count). The van der Waals surface area contributed by atoms with E-state index in [1.165, 1.54) is 25.2 Å². The summed E-state index contributed by atoms with van der Waals surface area (Å²) in [6.45, 7) is 0.462. The highest BCUT2D eigenvalue weighted by Crippen LogP contribution is 2.31. The Morgan fingerprint density at radius 1 is 1.35 bits per heavy atom. The predicted molar refractivity (Wildman–Crippen MR) is 62.4 cm³/mol. The van der Waals surface area contributed by atoms with Crippen molar-refractivity contribution in [3.63, 3.8) is 0 Å². The lowest BCUT2D eigenvalue weighted by molar-refractivity contribution is 0.574. The van der Waals surface area contributed by atoms with Gasteiger partial charge < -0.3 is 0 Å². The van der Waals surface area contributed by atoms with Crippen molar-refractivity contribution in [1.29, 1.82) is 0 Å². The molecule has 1 aromatic rings. The molecule has 8 heteroatoms. The van der Waals surface area contributed by atoms with Gasteiger partial charge in [0, 0.05) is 6.54 Å². The van der Waals surface area contributed by atoms with Crippen molar-refractivity contribution >= 4 is 16.0 Å². The average Bonchev–Trinajstić information content (AvgIpc) is 3.13. The molecule has 0 amide bonds. The molecule has 4 N–H and O–H groups in total. The first-order chi connectivity index (χ1) is 8.12. The minimum Gasteiger partial charge on any atom is -0.292 e. The molecule has 0 bridgehead atoms. The molecular formula is C9H15N5O2S. The number of anilines is 1. The number of nitrogens with two attached hydrogens (primary N) is 1. The van der Waals surface area contributed by atoms with Gasteiger partial charge in [-0.25, -0.2) is 29.0 Å². The normalized spacial score (nSPS) is 15.8. The summed E-state index contributed by atoms with van der Waals surface area (Å²) in [4.78, 5) is 7.55. The Morgan fingerprint density at radius 3 is 2.53 bits per heavy atom. The number of nitrogen functional groups attached to an aromatic ring is 1. The van der Waals surface area contributed by atoms with E-state index in [1.54, 1.807) is 0 Å². The van der Waals surface area contributed by atoms with Crippen LogP contribution in [0.2, 0.25) is 0 Å². The van der Waals surface area contributed by atoms with Crippen molar-refractivity contribution in [1.82, 2.24) is 14.7 Å². The number of rotatable bonds is 6. The van der Waals surface area contributed by atoms with Gasteiger partial charge in [-0.05, 0) is 12.3 Å². The first kappa shape index (κ1) is 12.2. The van der Waals surface area contributed by atoms with Gasteiger partial charge in [0.05, 0.1) is 12.4 Å². The van der Waals surface area contributed by atoms with Crippen molar-refractivity contribution in [3.05, 3.63) is 12.4 Å². The third kappa shape index (κ3) is 3.35. The zero-order chi connectivity index (χ0) is 12.3. The van der Waals surface area contributed by atoms with Gasteiger partial charge in [0.1, 0.15) is 4.90 Å². The number of hydrazine groups is 1. The number of hydrogen-bond donors (Lipinski definition) is 3. The highest BCUT2D eigenvalue weighted by molar-refractivity contribution is 7.89. The molecule has 0 aliphatic heterocycles. The molecule has 1 fully saturated rings. The highest BCUT2D eigenvalue weighted by Gasteiger charge is 2.22. The fourth-order valence-electron chi connectivity index (χ4n) is 1.42. The van der Waals surface area contributed by atoms with E-state index in [-0.39, 0.29) is 10.8 Å². The fourth-order valence-corrected chi connectivity index (χ4v) is 2.35. The van der Waals surface area contributed by atoms with Gasteiger partial charge in [-0.1, -0.05) is 12.8 Å². The second-order valence-corrected chi connectivity index (χ2v) is 5.78. The third-order valence-corrected chi connectivity index (χ3v) is 4.02.